The van der Waals surface area contributed by atoms with Gasteiger partial charge in [0.25, 0.3) is 0 Å². The molecule has 0 fully saturated rings. The van der Waals surface area contributed by atoms with E-state index in [1.54, 1.807) is 13.1 Å². The summed E-state index contributed by atoms with van der Waals surface area (Å²) in [5, 5.41) is 0.561. The maximum absolute atomic E-state index is 5.63. The smallest absolute Gasteiger partial charge is 0.103 e. The van der Waals surface area contributed by atoms with Gasteiger partial charge in [-0.05, 0) is 27.9 Å². The Morgan fingerprint density at radius 3 is 2.21 bits per heavy atom. The number of allylic oxidation sites excluding steroid dienone is 1. The normalized spacial score (nSPS) is 13.6. The minimum atomic E-state index is 0.561. The van der Waals surface area contributed by atoms with E-state index in [0.717, 1.165) is 18.8 Å². The van der Waals surface area contributed by atoms with Crippen LogP contribution in [0.4, 0.5) is 0 Å². The second-order valence-corrected chi connectivity index (χ2v) is 4.17. The second-order valence-electron chi connectivity index (χ2n) is 3.62. The van der Waals surface area contributed by atoms with Gasteiger partial charge in [0, 0.05) is 32.0 Å². The Labute approximate surface area is 92.1 Å². The zero-order chi connectivity index (χ0) is 11.1. The average Bonchev–Trinajstić information content (AvgIpc) is 2.09. The van der Waals surface area contributed by atoms with Crippen LogP contribution < -0.4 is 0 Å². The molecule has 0 rings (SSSR count). The van der Waals surface area contributed by atoms with Gasteiger partial charge in [-0.25, -0.2) is 4.99 Å². The lowest BCUT2D eigenvalue weighted by molar-refractivity contribution is 0.325. The number of halogens is 1. The van der Waals surface area contributed by atoms with E-state index in [9.17, 15) is 0 Å². The monoisotopic (exact) mass is 217 g/mol. The zero-order valence-corrected chi connectivity index (χ0v) is 10.5. The first-order chi connectivity index (χ1) is 6.43. The van der Waals surface area contributed by atoms with Gasteiger partial charge in [0.1, 0.15) is 5.17 Å². The van der Waals surface area contributed by atoms with Gasteiger partial charge in [0.2, 0.25) is 0 Å². The molecule has 0 spiro atoms. The molecule has 0 aliphatic rings. The number of rotatable bonds is 5. The van der Waals surface area contributed by atoms with E-state index in [-0.39, 0.29) is 0 Å². The molecule has 0 atom stereocenters. The fourth-order valence-electron chi connectivity index (χ4n) is 0.807. The van der Waals surface area contributed by atoms with Crippen molar-refractivity contribution in [1.82, 2.24) is 9.80 Å². The summed E-state index contributed by atoms with van der Waals surface area (Å²) in [5.41, 5.74) is 1.12. The molecule has 0 bridgehead atoms. The molecule has 0 radical (unpaired) electrons. The largest absolute Gasteiger partial charge is 0.376 e. The molecule has 0 saturated heterocycles. The van der Waals surface area contributed by atoms with Crippen molar-refractivity contribution in [3.8, 4) is 0 Å². The molecule has 0 saturated carbocycles. The lowest BCUT2D eigenvalue weighted by atomic mass is 10.4. The fraction of sp³-hybridized carbons (Fsp3) is 0.700. The maximum atomic E-state index is 5.63. The molecule has 82 valence electrons. The number of aliphatic imine (C=N–C) groups is 1. The number of likely N-dealkylation sites (N-methyl/N-ethyl adjacent to an activating group) is 2. The summed E-state index contributed by atoms with van der Waals surface area (Å²) < 4.78 is 0. The lowest BCUT2D eigenvalue weighted by Crippen LogP contribution is -2.27. The van der Waals surface area contributed by atoms with Gasteiger partial charge >= 0.3 is 0 Å². The van der Waals surface area contributed by atoms with Crippen LogP contribution in [0.15, 0.2) is 16.9 Å². The summed E-state index contributed by atoms with van der Waals surface area (Å²) in [6.45, 7) is 5.82. The Hall–Kier alpha value is -0.540. The topological polar surface area (TPSA) is 18.8 Å². The van der Waals surface area contributed by atoms with E-state index in [4.69, 9.17) is 11.6 Å². The van der Waals surface area contributed by atoms with E-state index in [1.165, 1.54) is 0 Å². The molecule has 0 unspecified atom stereocenters. The Kier molecular flexibility index (Phi) is 6.58. The lowest BCUT2D eigenvalue weighted by Gasteiger charge is -2.21. The molecule has 0 aromatic rings. The van der Waals surface area contributed by atoms with E-state index in [2.05, 4.69) is 35.9 Å². The molecule has 0 aliphatic carbocycles. The maximum Gasteiger partial charge on any atom is 0.103 e. The van der Waals surface area contributed by atoms with Crippen molar-refractivity contribution in [2.24, 2.45) is 4.99 Å². The van der Waals surface area contributed by atoms with Gasteiger partial charge in [-0.2, -0.15) is 0 Å². The van der Waals surface area contributed by atoms with Gasteiger partial charge in [-0.3, -0.25) is 0 Å². The van der Waals surface area contributed by atoms with Crippen LogP contribution in [-0.2, 0) is 0 Å². The van der Waals surface area contributed by atoms with Crippen molar-refractivity contribution in [2.75, 3.05) is 34.2 Å². The molecule has 4 heteroatoms. The molecule has 3 nitrogen and oxygen atoms in total. The fourth-order valence-corrected chi connectivity index (χ4v) is 0.856. The summed E-state index contributed by atoms with van der Waals surface area (Å²) >= 11 is 5.63. The van der Waals surface area contributed by atoms with Crippen molar-refractivity contribution in [2.45, 2.75) is 13.8 Å². The predicted octanol–water partition coefficient (Wildman–Crippen LogP) is 2.00. The second kappa shape index (κ2) is 6.85. The summed E-state index contributed by atoms with van der Waals surface area (Å²) in [6.07, 6.45) is 1.79. The summed E-state index contributed by atoms with van der Waals surface area (Å²) in [4.78, 5) is 8.35. The van der Waals surface area contributed by atoms with Crippen LogP contribution in [0.5, 0.6) is 0 Å². The first kappa shape index (κ1) is 13.5. The highest BCUT2D eigenvalue weighted by Gasteiger charge is 1.98. The number of nitrogens with zero attached hydrogens (tertiary/aromatic N) is 3. The van der Waals surface area contributed by atoms with E-state index >= 15 is 0 Å². The molecule has 0 aromatic carbocycles. The Balaban J connectivity index is 4.04. The van der Waals surface area contributed by atoms with Crippen LogP contribution in [0.25, 0.3) is 0 Å². The third-order valence-electron chi connectivity index (χ3n) is 1.91. The van der Waals surface area contributed by atoms with Crippen LogP contribution >= 0.6 is 11.6 Å². The first-order valence-corrected chi connectivity index (χ1v) is 5.04. The van der Waals surface area contributed by atoms with Crippen molar-refractivity contribution in [1.29, 1.82) is 0 Å². The van der Waals surface area contributed by atoms with Gasteiger partial charge in [-0.15, -0.1) is 0 Å². The minimum Gasteiger partial charge on any atom is -0.376 e. The quantitative estimate of drug-likeness (QED) is 0.656. The third-order valence-corrected chi connectivity index (χ3v) is 2.01. The van der Waals surface area contributed by atoms with Crippen LogP contribution in [0.2, 0.25) is 0 Å². The average molecular weight is 218 g/mol. The highest BCUT2D eigenvalue weighted by molar-refractivity contribution is 6.64. The molecular formula is C10H20ClN3. The van der Waals surface area contributed by atoms with E-state index < -0.39 is 0 Å². The molecule has 0 aliphatic heterocycles. The van der Waals surface area contributed by atoms with Crippen molar-refractivity contribution < 1.29 is 0 Å². The standard InChI is InChI=1S/C10H20ClN3/c1-9(8-12-10(2)11)14(5)7-6-13(3)4/h8H,6-7H2,1-5H3/b9-8+,12-10?. The molecule has 0 heterocycles. The van der Waals surface area contributed by atoms with Crippen LogP contribution in [0.1, 0.15) is 13.8 Å². The van der Waals surface area contributed by atoms with Crippen LogP contribution in [0.3, 0.4) is 0 Å². The summed E-state index contributed by atoms with van der Waals surface area (Å²) in [7, 11) is 6.18. The number of hydrogen-bond acceptors (Lipinski definition) is 3. The van der Waals surface area contributed by atoms with Crippen LogP contribution in [-0.4, -0.2) is 49.2 Å². The van der Waals surface area contributed by atoms with Gasteiger partial charge < -0.3 is 9.80 Å². The molecule has 14 heavy (non-hydrogen) atoms. The molecule has 0 aromatic heterocycles. The van der Waals surface area contributed by atoms with E-state index in [0.29, 0.717) is 5.17 Å². The molecule has 0 N–H and O–H groups in total. The van der Waals surface area contributed by atoms with Crippen molar-refractivity contribution in [3.05, 3.63) is 11.9 Å². The van der Waals surface area contributed by atoms with Crippen molar-refractivity contribution in [3.63, 3.8) is 0 Å². The van der Waals surface area contributed by atoms with Crippen molar-refractivity contribution >= 4 is 16.8 Å². The third kappa shape index (κ3) is 6.92. The molecule has 0 amide bonds. The predicted molar refractivity (Wildman–Crippen MR) is 63.9 cm³/mol. The van der Waals surface area contributed by atoms with Gasteiger partial charge in [-0.1, -0.05) is 11.6 Å². The highest BCUT2D eigenvalue weighted by atomic mass is 35.5. The zero-order valence-electron chi connectivity index (χ0n) is 9.71. The molecular weight excluding hydrogens is 198 g/mol. The summed E-state index contributed by atoms with van der Waals surface area (Å²) in [5.74, 6) is 0. The van der Waals surface area contributed by atoms with Gasteiger partial charge in [0.15, 0.2) is 0 Å². The highest BCUT2D eigenvalue weighted by Crippen LogP contribution is 2.00. The first-order valence-electron chi connectivity index (χ1n) is 4.66. The van der Waals surface area contributed by atoms with Crippen LogP contribution in [0, 0.1) is 0 Å². The minimum absolute atomic E-state index is 0.561. The Morgan fingerprint density at radius 2 is 1.79 bits per heavy atom. The van der Waals surface area contributed by atoms with Gasteiger partial charge in [0.05, 0.1) is 0 Å². The Bertz CT molecular complexity index is 217. The SMILES string of the molecule is CC(Cl)=N/C=C(\C)N(C)CCN(C)C. The number of hydrogen-bond donors (Lipinski definition) is 0. The Morgan fingerprint density at radius 1 is 1.21 bits per heavy atom. The summed E-state index contributed by atoms with van der Waals surface area (Å²) in [6, 6.07) is 0. The van der Waals surface area contributed by atoms with E-state index in [1.807, 2.05) is 6.92 Å².